The lowest BCUT2D eigenvalue weighted by Gasteiger charge is -2.30. The number of ether oxygens (including phenoxy) is 1. The molecule has 5 heteroatoms. The number of aliphatic hydroxyl groups excluding tert-OH is 2. The van der Waals surface area contributed by atoms with Crippen LogP contribution < -0.4 is 0 Å². The summed E-state index contributed by atoms with van der Waals surface area (Å²) >= 11 is 0. The fraction of sp³-hybridized carbons (Fsp3) is 0.682. The van der Waals surface area contributed by atoms with E-state index in [0.29, 0.717) is 32.1 Å². The van der Waals surface area contributed by atoms with E-state index in [1.54, 1.807) is 0 Å². The van der Waals surface area contributed by atoms with Crippen molar-refractivity contribution in [2.24, 2.45) is 11.8 Å². The van der Waals surface area contributed by atoms with Crippen molar-refractivity contribution in [3.63, 3.8) is 0 Å². The highest BCUT2D eigenvalue weighted by Crippen LogP contribution is 2.44. The summed E-state index contributed by atoms with van der Waals surface area (Å²) in [5.74, 6) is -1.35. The highest BCUT2D eigenvalue weighted by atomic mass is 16.6. The van der Waals surface area contributed by atoms with Gasteiger partial charge in [0.2, 0.25) is 5.79 Å². The molecule has 27 heavy (non-hydrogen) atoms. The van der Waals surface area contributed by atoms with Crippen molar-refractivity contribution in [3.05, 3.63) is 37.1 Å². The predicted molar refractivity (Wildman–Crippen MR) is 107 cm³/mol. The number of rotatable bonds is 14. The van der Waals surface area contributed by atoms with Gasteiger partial charge in [0.15, 0.2) is 5.78 Å². The SMILES string of the molecule is C=COC1(O)CC[C@H](C=CCC(O)CCCC)[C@H]1CC=CCCC(=O)CO. The quantitative estimate of drug-likeness (QED) is 0.243. The van der Waals surface area contributed by atoms with Crippen molar-refractivity contribution in [3.8, 4) is 0 Å². The summed E-state index contributed by atoms with van der Waals surface area (Å²) in [6, 6.07) is 0. The molecule has 0 heterocycles. The monoisotopic (exact) mass is 380 g/mol. The van der Waals surface area contributed by atoms with E-state index in [2.05, 4.69) is 19.6 Å². The molecule has 0 spiro atoms. The van der Waals surface area contributed by atoms with E-state index in [4.69, 9.17) is 9.84 Å². The third-order valence-electron chi connectivity index (χ3n) is 5.22. The Morgan fingerprint density at radius 1 is 1.37 bits per heavy atom. The van der Waals surface area contributed by atoms with E-state index in [1.165, 1.54) is 6.26 Å². The van der Waals surface area contributed by atoms with Crippen molar-refractivity contribution >= 4 is 5.78 Å². The van der Waals surface area contributed by atoms with Crippen LogP contribution in [0.2, 0.25) is 0 Å². The zero-order chi connectivity index (χ0) is 20.1. The summed E-state index contributed by atoms with van der Waals surface area (Å²) in [4.78, 5) is 11.1. The van der Waals surface area contributed by atoms with Gasteiger partial charge in [0.05, 0.1) is 12.4 Å². The molecule has 0 saturated heterocycles. The number of hydrogen-bond acceptors (Lipinski definition) is 5. The second kappa shape index (κ2) is 12.9. The molecule has 3 N–H and O–H groups in total. The number of aliphatic hydroxyl groups is 3. The minimum Gasteiger partial charge on any atom is -0.470 e. The lowest BCUT2D eigenvalue weighted by atomic mass is 9.88. The first-order valence-corrected chi connectivity index (χ1v) is 10.1. The minimum absolute atomic E-state index is 0.107. The first-order valence-electron chi connectivity index (χ1n) is 10.1. The van der Waals surface area contributed by atoms with Crippen LogP contribution in [-0.4, -0.2) is 39.6 Å². The van der Waals surface area contributed by atoms with Gasteiger partial charge in [-0.2, -0.15) is 0 Å². The van der Waals surface area contributed by atoms with Crippen LogP contribution in [0.25, 0.3) is 0 Å². The number of carbonyl (C=O) groups excluding carboxylic acids is 1. The third-order valence-corrected chi connectivity index (χ3v) is 5.22. The van der Waals surface area contributed by atoms with Gasteiger partial charge in [-0.05, 0) is 38.0 Å². The van der Waals surface area contributed by atoms with E-state index in [1.807, 2.05) is 18.2 Å². The summed E-state index contributed by atoms with van der Waals surface area (Å²) in [7, 11) is 0. The maximum Gasteiger partial charge on any atom is 0.210 e. The molecule has 0 aromatic heterocycles. The molecule has 0 aromatic rings. The molecule has 1 aliphatic rings. The van der Waals surface area contributed by atoms with E-state index in [0.717, 1.165) is 25.7 Å². The molecule has 2 unspecified atom stereocenters. The summed E-state index contributed by atoms with van der Waals surface area (Å²) in [5.41, 5.74) is 0. The van der Waals surface area contributed by atoms with Crippen molar-refractivity contribution in [2.45, 2.75) is 76.6 Å². The van der Waals surface area contributed by atoms with Crippen molar-refractivity contribution < 1.29 is 24.9 Å². The van der Waals surface area contributed by atoms with Gasteiger partial charge in [0.25, 0.3) is 0 Å². The Morgan fingerprint density at radius 2 is 2.15 bits per heavy atom. The minimum atomic E-state index is -1.23. The number of allylic oxidation sites excluding steroid dienone is 3. The highest BCUT2D eigenvalue weighted by Gasteiger charge is 2.47. The van der Waals surface area contributed by atoms with Gasteiger partial charge in [-0.15, -0.1) is 0 Å². The first-order chi connectivity index (χ1) is 13.0. The van der Waals surface area contributed by atoms with Crippen molar-refractivity contribution in [2.75, 3.05) is 6.61 Å². The van der Waals surface area contributed by atoms with Crippen LogP contribution in [-0.2, 0) is 9.53 Å². The molecule has 1 saturated carbocycles. The molecule has 154 valence electrons. The van der Waals surface area contributed by atoms with E-state index in [-0.39, 0.29) is 23.7 Å². The summed E-state index contributed by atoms with van der Waals surface area (Å²) in [6.45, 7) is 5.26. The molecule has 1 aliphatic carbocycles. The lowest BCUT2D eigenvalue weighted by Crippen LogP contribution is -2.36. The number of Topliss-reactive ketones (excluding diaryl/α,β-unsaturated/α-hetero) is 1. The van der Waals surface area contributed by atoms with Gasteiger partial charge in [-0.1, -0.05) is 50.6 Å². The average Bonchev–Trinajstić information content (AvgIpc) is 2.95. The topological polar surface area (TPSA) is 87.0 Å². The van der Waals surface area contributed by atoms with Crippen LogP contribution >= 0.6 is 0 Å². The number of carbonyl (C=O) groups is 1. The number of hydrogen-bond donors (Lipinski definition) is 3. The molecule has 0 bridgehead atoms. The molecule has 0 aromatic carbocycles. The third kappa shape index (κ3) is 8.41. The Bertz CT molecular complexity index is 499. The Labute approximate surface area is 163 Å². The first kappa shape index (κ1) is 23.6. The zero-order valence-corrected chi connectivity index (χ0v) is 16.6. The Hall–Kier alpha value is -1.43. The fourth-order valence-corrected chi connectivity index (χ4v) is 3.63. The number of ketones is 1. The highest BCUT2D eigenvalue weighted by molar-refractivity contribution is 5.79. The van der Waals surface area contributed by atoms with Crippen LogP contribution in [0.4, 0.5) is 0 Å². The van der Waals surface area contributed by atoms with Gasteiger partial charge >= 0.3 is 0 Å². The maximum atomic E-state index is 11.1. The molecule has 1 fully saturated rings. The molecule has 0 aliphatic heterocycles. The lowest BCUT2D eigenvalue weighted by molar-refractivity contribution is -0.192. The number of unbranched alkanes of at least 4 members (excludes halogenated alkanes) is 1. The van der Waals surface area contributed by atoms with Gasteiger partial charge in [-0.25, -0.2) is 0 Å². The van der Waals surface area contributed by atoms with Gasteiger partial charge in [-0.3, -0.25) is 4.79 Å². The van der Waals surface area contributed by atoms with Crippen LogP contribution in [0.3, 0.4) is 0 Å². The van der Waals surface area contributed by atoms with Crippen LogP contribution in [0.15, 0.2) is 37.1 Å². The van der Waals surface area contributed by atoms with Gasteiger partial charge in [0.1, 0.15) is 6.61 Å². The molecular weight excluding hydrogens is 344 g/mol. The molecule has 1 rings (SSSR count). The van der Waals surface area contributed by atoms with E-state index < -0.39 is 12.4 Å². The smallest absolute Gasteiger partial charge is 0.210 e. The van der Waals surface area contributed by atoms with Crippen LogP contribution in [0.1, 0.15) is 64.7 Å². The standard InChI is InChI=1S/C22H36O5/c1-3-5-11-19(24)13-9-10-18-15-16-22(26,27-4-2)21(18)14-8-6-7-12-20(25)17-23/h4,6,8-10,18-19,21,23-24,26H,2-3,5,7,11-17H2,1H3/t18-,19?,21+,22?/m0/s1. The van der Waals surface area contributed by atoms with Crippen LogP contribution in [0, 0.1) is 11.8 Å². The van der Waals surface area contributed by atoms with E-state index >= 15 is 0 Å². The predicted octanol–water partition coefficient (Wildman–Crippen LogP) is 3.65. The second-order valence-corrected chi connectivity index (χ2v) is 7.34. The molecule has 0 amide bonds. The summed E-state index contributed by atoms with van der Waals surface area (Å²) < 4.78 is 5.44. The second-order valence-electron chi connectivity index (χ2n) is 7.34. The summed E-state index contributed by atoms with van der Waals surface area (Å²) in [5, 5.41) is 29.5. The van der Waals surface area contributed by atoms with Gasteiger partial charge in [0, 0.05) is 18.8 Å². The van der Waals surface area contributed by atoms with Crippen molar-refractivity contribution in [1.82, 2.24) is 0 Å². The largest absolute Gasteiger partial charge is 0.470 e. The van der Waals surface area contributed by atoms with Crippen LogP contribution in [0.5, 0.6) is 0 Å². The Balaban J connectivity index is 2.62. The zero-order valence-electron chi connectivity index (χ0n) is 16.6. The fourth-order valence-electron chi connectivity index (χ4n) is 3.63. The van der Waals surface area contributed by atoms with Gasteiger partial charge < -0.3 is 20.1 Å². The molecule has 4 atom stereocenters. The molecule has 0 radical (unpaired) electrons. The normalized spacial score (nSPS) is 26.7. The van der Waals surface area contributed by atoms with Crippen molar-refractivity contribution in [1.29, 1.82) is 0 Å². The summed E-state index contributed by atoms with van der Waals surface area (Å²) in [6.07, 6.45) is 15.4. The Kier molecular flexibility index (Phi) is 11.3. The molecule has 5 nitrogen and oxygen atoms in total. The maximum absolute atomic E-state index is 11.1. The average molecular weight is 381 g/mol. The Morgan fingerprint density at radius 3 is 2.81 bits per heavy atom. The van der Waals surface area contributed by atoms with E-state index in [9.17, 15) is 15.0 Å². The molecular formula is C22H36O5.